The molecule has 0 aliphatic carbocycles. The lowest BCUT2D eigenvalue weighted by Crippen LogP contribution is -3.14. The van der Waals surface area contributed by atoms with Gasteiger partial charge in [-0.1, -0.05) is 40.2 Å². The molecule has 1 N–H and O–H groups in total. The number of fused-ring (bicyclic) bond motifs is 1. The van der Waals surface area contributed by atoms with Gasteiger partial charge in [0, 0.05) is 28.4 Å². The van der Waals surface area contributed by atoms with E-state index in [9.17, 15) is 14.7 Å². The van der Waals surface area contributed by atoms with E-state index in [1.165, 1.54) is 16.9 Å². The number of rotatable bonds is 8. The van der Waals surface area contributed by atoms with Crippen LogP contribution in [0.2, 0.25) is 0 Å². The molecular formula is C27H27BrN2O6. The van der Waals surface area contributed by atoms with Gasteiger partial charge in [-0.15, -0.1) is 0 Å². The van der Waals surface area contributed by atoms with E-state index in [0.717, 1.165) is 37.3 Å². The number of halogens is 1. The molecule has 1 atom stereocenters. The van der Waals surface area contributed by atoms with Crippen molar-refractivity contribution in [1.82, 2.24) is 4.90 Å². The summed E-state index contributed by atoms with van der Waals surface area (Å²) in [6, 6.07) is 13.5. The molecule has 5 rings (SSSR count). The van der Waals surface area contributed by atoms with E-state index in [-0.39, 0.29) is 11.3 Å². The first-order valence-corrected chi connectivity index (χ1v) is 12.8. The second-order valence-electron chi connectivity index (χ2n) is 8.98. The molecule has 2 aliphatic heterocycles. The van der Waals surface area contributed by atoms with Crippen molar-refractivity contribution in [1.29, 1.82) is 0 Å². The number of furan rings is 1. The van der Waals surface area contributed by atoms with Gasteiger partial charge < -0.3 is 28.8 Å². The molecule has 1 amide bonds. The maximum absolute atomic E-state index is 13.7. The summed E-state index contributed by atoms with van der Waals surface area (Å²) >= 11 is 3.48. The molecule has 2 aromatic carbocycles. The van der Waals surface area contributed by atoms with E-state index in [1.54, 1.807) is 24.3 Å². The fourth-order valence-electron chi connectivity index (χ4n) is 4.98. The summed E-state index contributed by atoms with van der Waals surface area (Å²) in [4.78, 5) is 29.8. The highest BCUT2D eigenvalue weighted by Crippen LogP contribution is 2.40. The van der Waals surface area contributed by atoms with Gasteiger partial charge in [-0.3, -0.25) is 9.59 Å². The second-order valence-corrected chi connectivity index (χ2v) is 9.90. The number of quaternary nitrogens is 1. The number of carbonyl (C=O) groups is 2. The van der Waals surface area contributed by atoms with Crippen LogP contribution in [0.25, 0.3) is 11.0 Å². The lowest BCUT2D eigenvalue weighted by Gasteiger charge is -2.29. The molecule has 3 heterocycles. The number of nitrogens with zero attached hydrogens (tertiary/aromatic N) is 1. The molecule has 188 valence electrons. The maximum atomic E-state index is 13.7. The van der Waals surface area contributed by atoms with Crippen molar-refractivity contribution < 1.29 is 33.5 Å². The minimum atomic E-state index is -0.787. The Bertz CT molecular complexity index is 1330. The SMILES string of the molecule is COc1cccc2cc(C(=O)C3=C([O-])C(=O)N(CCC[NH+]4CCOCC4)C3c3cccc(Br)c3)oc12. The molecule has 0 bridgehead atoms. The number of ether oxygens (including phenoxy) is 2. The van der Waals surface area contributed by atoms with Gasteiger partial charge in [-0.25, -0.2) is 0 Å². The predicted molar refractivity (Wildman–Crippen MR) is 134 cm³/mol. The Labute approximate surface area is 217 Å². The number of Topliss-reactive ketones (excluding diaryl/α,β-unsaturated/α-hetero) is 1. The summed E-state index contributed by atoms with van der Waals surface area (Å²) < 4.78 is 17.4. The largest absolute Gasteiger partial charge is 0.868 e. The van der Waals surface area contributed by atoms with Gasteiger partial charge in [0.1, 0.15) is 13.1 Å². The van der Waals surface area contributed by atoms with Crippen molar-refractivity contribution in [3.05, 3.63) is 75.7 Å². The molecule has 9 heteroatoms. The Morgan fingerprint density at radius 1 is 1.19 bits per heavy atom. The summed E-state index contributed by atoms with van der Waals surface area (Å²) in [6.45, 7) is 4.54. The van der Waals surface area contributed by atoms with Crippen molar-refractivity contribution in [2.45, 2.75) is 12.5 Å². The number of benzene rings is 2. The van der Waals surface area contributed by atoms with Gasteiger partial charge in [0.25, 0.3) is 0 Å². The number of para-hydroxylation sites is 1. The molecular weight excluding hydrogens is 528 g/mol. The standard InChI is InChI=1S/C27H27BrN2O6/c1-34-20-8-3-6-18-16-21(36-26(18)20)24(31)22-23(17-5-2-7-19(28)15-17)30(27(33)25(22)32)10-4-9-29-11-13-35-14-12-29/h2-3,5-8,15-16,23,32H,4,9-14H2,1H3. The van der Waals surface area contributed by atoms with Crippen LogP contribution in [-0.2, 0) is 9.53 Å². The van der Waals surface area contributed by atoms with E-state index in [1.807, 2.05) is 24.3 Å². The van der Waals surface area contributed by atoms with Crippen LogP contribution < -0.4 is 14.7 Å². The number of carbonyl (C=O) groups excluding carboxylic acids is 2. The van der Waals surface area contributed by atoms with Crippen LogP contribution in [0.4, 0.5) is 0 Å². The molecule has 8 nitrogen and oxygen atoms in total. The Morgan fingerprint density at radius 2 is 1.97 bits per heavy atom. The number of morpholine rings is 1. The minimum absolute atomic E-state index is 0.00487. The zero-order chi connectivity index (χ0) is 25.2. The number of amides is 1. The molecule has 0 spiro atoms. The van der Waals surface area contributed by atoms with E-state index in [2.05, 4.69) is 15.9 Å². The van der Waals surface area contributed by atoms with E-state index < -0.39 is 23.5 Å². The maximum Gasteiger partial charge on any atom is 0.239 e. The van der Waals surface area contributed by atoms with Crippen molar-refractivity contribution in [3.8, 4) is 5.75 Å². The fourth-order valence-corrected chi connectivity index (χ4v) is 5.39. The molecule has 1 fully saturated rings. The fraction of sp³-hybridized carbons (Fsp3) is 0.333. The topological polar surface area (TPSA) is 96.5 Å². The highest BCUT2D eigenvalue weighted by molar-refractivity contribution is 9.10. The molecule has 1 aromatic heterocycles. The zero-order valence-electron chi connectivity index (χ0n) is 19.9. The number of methoxy groups -OCH3 is 1. The highest BCUT2D eigenvalue weighted by Gasteiger charge is 2.40. The molecule has 1 unspecified atom stereocenters. The summed E-state index contributed by atoms with van der Waals surface area (Å²) in [5, 5.41) is 13.9. The Balaban J connectivity index is 1.47. The average Bonchev–Trinajstić information content (AvgIpc) is 3.44. The van der Waals surface area contributed by atoms with Gasteiger partial charge >= 0.3 is 0 Å². The smallest absolute Gasteiger partial charge is 0.239 e. The van der Waals surface area contributed by atoms with Gasteiger partial charge in [0.05, 0.1) is 32.9 Å². The normalized spacial score (nSPS) is 18.9. The quantitative estimate of drug-likeness (QED) is 0.427. The minimum Gasteiger partial charge on any atom is -0.868 e. The first kappa shape index (κ1) is 24.5. The summed E-state index contributed by atoms with van der Waals surface area (Å²) in [5.74, 6) is -1.53. The first-order valence-electron chi connectivity index (χ1n) is 12.0. The lowest BCUT2D eigenvalue weighted by atomic mass is 9.95. The lowest BCUT2D eigenvalue weighted by molar-refractivity contribution is -0.908. The van der Waals surface area contributed by atoms with Crippen molar-refractivity contribution in [3.63, 3.8) is 0 Å². The molecule has 1 saturated heterocycles. The highest BCUT2D eigenvalue weighted by atomic mass is 79.9. The third-order valence-electron chi connectivity index (χ3n) is 6.77. The molecule has 0 saturated carbocycles. The second kappa shape index (κ2) is 10.5. The average molecular weight is 555 g/mol. The van der Waals surface area contributed by atoms with Crippen LogP contribution in [0.15, 0.2) is 68.8 Å². The zero-order valence-corrected chi connectivity index (χ0v) is 21.5. The van der Waals surface area contributed by atoms with E-state index in [4.69, 9.17) is 13.9 Å². The summed E-state index contributed by atoms with van der Waals surface area (Å²) in [6.07, 6.45) is 0.710. The van der Waals surface area contributed by atoms with Crippen LogP contribution in [0.3, 0.4) is 0 Å². The Morgan fingerprint density at radius 3 is 2.72 bits per heavy atom. The first-order chi connectivity index (χ1) is 17.5. The van der Waals surface area contributed by atoms with Gasteiger partial charge in [-0.05, 0) is 35.6 Å². The molecule has 0 radical (unpaired) electrons. The van der Waals surface area contributed by atoms with Gasteiger partial charge in [0.15, 0.2) is 17.1 Å². The van der Waals surface area contributed by atoms with Crippen LogP contribution >= 0.6 is 15.9 Å². The van der Waals surface area contributed by atoms with Gasteiger partial charge in [-0.2, -0.15) is 0 Å². The summed E-state index contributed by atoms with van der Waals surface area (Å²) in [5.41, 5.74) is 1.03. The van der Waals surface area contributed by atoms with E-state index >= 15 is 0 Å². The predicted octanol–water partition coefficient (Wildman–Crippen LogP) is 1.89. The van der Waals surface area contributed by atoms with E-state index in [0.29, 0.717) is 35.2 Å². The Kier molecular flexibility index (Phi) is 7.13. The van der Waals surface area contributed by atoms with Gasteiger partial charge in [0.2, 0.25) is 11.7 Å². The van der Waals surface area contributed by atoms with Crippen LogP contribution in [0, 0.1) is 0 Å². The van der Waals surface area contributed by atoms with Crippen LogP contribution in [-0.4, -0.2) is 63.1 Å². The molecule has 2 aliphatic rings. The summed E-state index contributed by atoms with van der Waals surface area (Å²) in [7, 11) is 1.52. The monoisotopic (exact) mass is 554 g/mol. The Hall–Kier alpha value is -3.14. The van der Waals surface area contributed by atoms with Crippen molar-refractivity contribution in [2.75, 3.05) is 46.5 Å². The van der Waals surface area contributed by atoms with Crippen molar-refractivity contribution in [2.24, 2.45) is 0 Å². The van der Waals surface area contributed by atoms with Crippen LogP contribution in [0.5, 0.6) is 5.75 Å². The number of hydrogen-bond acceptors (Lipinski definition) is 6. The number of ketones is 1. The third-order valence-corrected chi connectivity index (χ3v) is 7.27. The number of nitrogens with one attached hydrogen (secondary N) is 1. The number of hydrogen-bond donors (Lipinski definition) is 1. The molecule has 3 aromatic rings. The van der Waals surface area contributed by atoms with Crippen LogP contribution in [0.1, 0.15) is 28.6 Å². The molecule has 36 heavy (non-hydrogen) atoms. The third kappa shape index (κ3) is 4.66. The van der Waals surface area contributed by atoms with Crippen molar-refractivity contribution >= 4 is 38.6 Å².